The molecule has 0 bridgehead atoms. The average molecular weight is 304 g/mol. The number of carbonyl (C=O) groups excluding carboxylic acids is 1. The monoisotopic (exact) mass is 304 g/mol. The summed E-state index contributed by atoms with van der Waals surface area (Å²) in [6, 6.07) is 0. The van der Waals surface area contributed by atoms with E-state index in [1.54, 1.807) is 19.5 Å². The molecule has 120 valence electrons. The Morgan fingerprint density at radius 2 is 1.95 bits per heavy atom. The maximum absolute atomic E-state index is 12.1. The Hall–Kier alpha value is -1.85. The highest BCUT2D eigenvalue weighted by Gasteiger charge is 2.35. The highest BCUT2D eigenvalue weighted by atomic mass is 16.5. The van der Waals surface area contributed by atoms with Crippen LogP contribution in [0, 0.1) is 11.8 Å². The lowest BCUT2D eigenvalue weighted by molar-refractivity contribution is -0.133. The van der Waals surface area contributed by atoms with Crippen LogP contribution in [0.1, 0.15) is 25.7 Å². The van der Waals surface area contributed by atoms with Crippen molar-refractivity contribution in [3.63, 3.8) is 0 Å². The lowest BCUT2D eigenvalue weighted by atomic mass is 9.96. The van der Waals surface area contributed by atoms with Gasteiger partial charge in [-0.3, -0.25) is 4.79 Å². The summed E-state index contributed by atoms with van der Waals surface area (Å²) >= 11 is 0. The van der Waals surface area contributed by atoms with Crippen molar-refractivity contribution in [3.8, 4) is 5.88 Å². The number of hydrogen-bond acceptors (Lipinski definition) is 5. The van der Waals surface area contributed by atoms with E-state index in [4.69, 9.17) is 4.74 Å². The minimum atomic E-state index is 0.336. The summed E-state index contributed by atoms with van der Waals surface area (Å²) in [6.45, 7) is 2.71. The van der Waals surface area contributed by atoms with Gasteiger partial charge in [-0.15, -0.1) is 0 Å². The van der Waals surface area contributed by atoms with Crippen LogP contribution in [0.4, 0.5) is 5.82 Å². The van der Waals surface area contributed by atoms with Crippen molar-refractivity contribution in [2.24, 2.45) is 11.8 Å². The van der Waals surface area contributed by atoms with Gasteiger partial charge in [0.15, 0.2) is 5.82 Å². The first-order valence-electron chi connectivity index (χ1n) is 8.04. The molecule has 0 aromatic carbocycles. The summed E-state index contributed by atoms with van der Waals surface area (Å²) < 4.78 is 5.27. The third-order valence-electron chi connectivity index (χ3n) is 4.59. The second-order valence-electron chi connectivity index (χ2n) is 6.31. The number of aromatic nitrogens is 2. The van der Waals surface area contributed by atoms with E-state index in [2.05, 4.69) is 19.8 Å². The van der Waals surface area contributed by atoms with Crippen LogP contribution < -0.4 is 9.64 Å². The molecule has 6 heteroatoms. The molecular weight excluding hydrogens is 280 g/mol. The predicted molar refractivity (Wildman–Crippen MR) is 83.9 cm³/mol. The Labute approximate surface area is 131 Å². The molecule has 0 radical (unpaired) electrons. The number of nitrogens with zero attached hydrogens (tertiary/aromatic N) is 4. The van der Waals surface area contributed by atoms with Crippen LogP contribution in [0.2, 0.25) is 0 Å². The highest BCUT2D eigenvalue weighted by Crippen LogP contribution is 2.32. The molecule has 1 saturated heterocycles. The fourth-order valence-corrected chi connectivity index (χ4v) is 3.12. The van der Waals surface area contributed by atoms with Gasteiger partial charge in [0.2, 0.25) is 5.91 Å². The first-order valence-corrected chi connectivity index (χ1v) is 8.04. The van der Waals surface area contributed by atoms with E-state index in [-0.39, 0.29) is 0 Å². The summed E-state index contributed by atoms with van der Waals surface area (Å²) in [4.78, 5) is 24.8. The lowest BCUT2D eigenvalue weighted by Crippen LogP contribution is -2.41. The number of carbonyl (C=O) groups is 1. The van der Waals surface area contributed by atoms with Crippen LogP contribution >= 0.6 is 0 Å². The standard InChI is InChI=1S/C16H24N4O2/c1-19(14-15(22-2)18-8-7-17-14)11-12-5-9-20(10-6-12)16(21)13-3-4-13/h7-8,12-13H,3-6,9-11H2,1-2H3. The quantitative estimate of drug-likeness (QED) is 0.826. The summed E-state index contributed by atoms with van der Waals surface area (Å²) in [5.74, 6) is 2.64. The zero-order chi connectivity index (χ0) is 15.5. The minimum Gasteiger partial charge on any atom is -0.478 e. The molecule has 2 fully saturated rings. The third-order valence-corrected chi connectivity index (χ3v) is 4.59. The van der Waals surface area contributed by atoms with E-state index in [0.717, 1.165) is 51.1 Å². The van der Waals surface area contributed by atoms with Crippen LogP contribution in [0.25, 0.3) is 0 Å². The molecule has 1 aliphatic carbocycles. The molecule has 1 aromatic heterocycles. The normalized spacial score (nSPS) is 19.1. The van der Waals surface area contributed by atoms with Gasteiger partial charge in [-0.05, 0) is 31.6 Å². The summed E-state index contributed by atoms with van der Waals surface area (Å²) in [5.41, 5.74) is 0. The molecule has 1 aliphatic heterocycles. The van der Waals surface area contributed by atoms with E-state index >= 15 is 0 Å². The van der Waals surface area contributed by atoms with Crippen molar-refractivity contribution < 1.29 is 9.53 Å². The molecule has 22 heavy (non-hydrogen) atoms. The maximum atomic E-state index is 12.1. The van der Waals surface area contributed by atoms with Crippen LogP contribution in [-0.4, -0.2) is 54.6 Å². The summed E-state index contributed by atoms with van der Waals surface area (Å²) in [5, 5.41) is 0. The SMILES string of the molecule is COc1nccnc1N(C)CC1CCN(C(=O)C2CC2)CC1. The smallest absolute Gasteiger partial charge is 0.257 e. The first kappa shape index (κ1) is 15.1. The highest BCUT2D eigenvalue weighted by molar-refractivity contribution is 5.81. The molecule has 1 aromatic rings. The molecule has 2 heterocycles. The molecule has 0 unspecified atom stereocenters. The maximum Gasteiger partial charge on any atom is 0.257 e. The molecule has 0 spiro atoms. The molecule has 3 rings (SSSR count). The van der Waals surface area contributed by atoms with Crippen LogP contribution in [0.15, 0.2) is 12.4 Å². The third kappa shape index (κ3) is 3.31. The average Bonchev–Trinajstić information content (AvgIpc) is 3.39. The number of ether oxygens (including phenoxy) is 1. The van der Waals surface area contributed by atoms with Crippen LogP contribution in [0.5, 0.6) is 5.88 Å². The Kier molecular flexibility index (Phi) is 4.45. The molecule has 0 atom stereocenters. The number of methoxy groups -OCH3 is 1. The molecule has 6 nitrogen and oxygen atoms in total. The number of rotatable bonds is 5. The molecule has 1 amide bonds. The van der Waals surface area contributed by atoms with E-state index in [1.807, 2.05) is 7.05 Å². The predicted octanol–water partition coefficient (Wildman–Crippen LogP) is 1.57. The molecular formula is C16H24N4O2. The first-order chi connectivity index (χ1) is 10.7. The van der Waals surface area contributed by atoms with E-state index in [1.165, 1.54) is 0 Å². The van der Waals surface area contributed by atoms with Gasteiger partial charge >= 0.3 is 0 Å². The molecule has 2 aliphatic rings. The molecule has 1 saturated carbocycles. The van der Waals surface area contributed by atoms with Gasteiger partial charge in [0.25, 0.3) is 5.88 Å². The molecule has 0 N–H and O–H groups in total. The Morgan fingerprint density at radius 3 is 2.59 bits per heavy atom. The number of anilines is 1. The number of likely N-dealkylation sites (tertiary alicyclic amines) is 1. The summed E-state index contributed by atoms with van der Waals surface area (Å²) in [6.07, 6.45) is 7.63. The second-order valence-corrected chi connectivity index (χ2v) is 6.31. The van der Waals surface area contributed by atoms with Crippen molar-refractivity contribution in [2.45, 2.75) is 25.7 Å². The van der Waals surface area contributed by atoms with Crippen molar-refractivity contribution in [3.05, 3.63) is 12.4 Å². The van der Waals surface area contributed by atoms with E-state index in [0.29, 0.717) is 23.6 Å². The second kappa shape index (κ2) is 6.50. The lowest BCUT2D eigenvalue weighted by Gasteiger charge is -2.34. The Morgan fingerprint density at radius 1 is 1.27 bits per heavy atom. The van der Waals surface area contributed by atoms with Crippen molar-refractivity contribution >= 4 is 11.7 Å². The zero-order valence-corrected chi connectivity index (χ0v) is 13.4. The Bertz CT molecular complexity index is 525. The van der Waals surface area contributed by atoms with Crippen LogP contribution in [0.3, 0.4) is 0 Å². The largest absolute Gasteiger partial charge is 0.478 e. The van der Waals surface area contributed by atoms with Gasteiger partial charge in [-0.2, -0.15) is 0 Å². The van der Waals surface area contributed by atoms with Crippen molar-refractivity contribution in [2.75, 3.05) is 38.7 Å². The van der Waals surface area contributed by atoms with Crippen LogP contribution in [-0.2, 0) is 4.79 Å². The van der Waals surface area contributed by atoms with E-state index in [9.17, 15) is 4.79 Å². The fraction of sp³-hybridized carbons (Fsp3) is 0.688. The number of piperidine rings is 1. The van der Waals surface area contributed by atoms with Crippen molar-refractivity contribution in [1.82, 2.24) is 14.9 Å². The van der Waals surface area contributed by atoms with Gasteiger partial charge in [0, 0.05) is 45.0 Å². The van der Waals surface area contributed by atoms with Gasteiger partial charge in [-0.1, -0.05) is 0 Å². The topological polar surface area (TPSA) is 58.6 Å². The number of hydrogen-bond donors (Lipinski definition) is 0. The minimum absolute atomic E-state index is 0.336. The Balaban J connectivity index is 1.52. The summed E-state index contributed by atoms with van der Waals surface area (Å²) in [7, 11) is 3.64. The van der Waals surface area contributed by atoms with Gasteiger partial charge in [0.05, 0.1) is 7.11 Å². The zero-order valence-electron chi connectivity index (χ0n) is 13.4. The van der Waals surface area contributed by atoms with E-state index < -0.39 is 0 Å². The number of amides is 1. The van der Waals surface area contributed by atoms with Gasteiger partial charge in [-0.25, -0.2) is 9.97 Å². The van der Waals surface area contributed by atoms with Crippen molar-refractivity contribution in [1.29, 1.82) is 0 Å². The fourth-order valence-electron chi connectivity index (χ4n) is 3.12. The van der Waals surface area contributed by atoms with Gasteiger partial charge < -0.3 is 14.5 Å². The van der Waals surface area contributed by atoms with Gasteiger partial charge in [0.1, 0.15) is 0 Å².